The van der Waals surface area contributed by atoms with Crippen molar-refractivity contribution in [2.75, 3.05) is 33.4 Å². The van der Waals surface area contributed by atoms with Crippen LogP contribution in [0.15, 0.2) is 6.33 Å². The highest BCUT2D eigenvalue weighted by Crippen LogP contribution is 2.47. The van der Waals surface area contributed by atoms with Crippen molar-refractivity contribution in [3.63, 3.8) is 0 Å². The standard InChI is InChI=1S/C23H29N3O5S/c1-29-23(28)17(27)12-14-2-7-18-19(14)20-21(24-13-25-22(20)32-18)31-16-5-3-15(4-6-16)26-8-10-30-11-9-26/h13-16H,2-12H2,1H3. The van der Waals surface area contributed by atoms with Crippen LogP contribution in [0.3, 0.4) is 0 Å². The molecule has 2 aliphatic carbocycles. The lowest BCUT2D eigenvalue weighted by Crippen LogP contribution is -2.46. The number of ether oxygens (including phenoxy) is 3. The number of carbonyl (C=O) groups excluding carboxylic acids is 2. The molecular weight excluding hydrogens is 430 g/mol. The first-order valence-corrected chi connectivity index (χ1v) is 12.3. The number of ketones is 1. The minimum Gasteiger partial charge on any atom is -0.474 e. The molecule has 0 radical (unpaired) electrons. The van der Waals surface area contributed by atoms with Crippen molar-refractivity contribution < 1.29 is 23.8 Å². The fourth-order valence-electron chi connectivity index (χ4n) is 5.38. The van der Waals surface area contributed by atoms with E-state index in [0.717, 1.165) is 80.6 Å². The molecule has 3 aliphatic rings. The number of Topliss-reactive ketones (excluding diaryl/α,β-unsaturated/α-hetero) is 1. The number of aromatic nitrogens is 2. The van der Waals surface area contributed by atoms with Gasteiger partial charge in [-0.3, -0.25) is 9.69 Å². The SMILES string of the molecule is COC(=O)C(=O)CC1CCc2sc3ncnc(OC4CCC(N5CCOCC5)CC4)c3c21. The third kappa shape index (κ3) is 4.25. The number of rotatable bonds is 6. The smallest absolute Gasteiger partial charge is 0.374 e. The molecule has 172 valence electrons. The number of hydrogen-bond acceptors (Lipinski definition) is 9. The first-order chi connectivity index (χ1) is 15.6. The molecule has 1 aliphatic heterocycles. The molecule has 0 bridgehead atoms. The number of methoxy groups -OCH3 is 1. The maximum atomic E-state index is 12.2. The largest absolute Gasteiger partial charge is 0.474 e. The van der Waals surface area contributed by atoms with E-state index in [1.165, 1.54) is 12.0 Å². The number of morpholine rings is 1. The second kappa shape index (κ2) is 9.41. The number of nitrogens with zero attached hydrogens (tertiary/aromatic N) is 3. The maximum Gasteiger partial charge on any atom is 0.374 e. The Labute approximate surface area is 191 Å². The molecule has 1 saturated carbocycles. The number of esters is 1. The predicted molar refractivity (Wildman–Crippen MR) is 119 cm³/mol. The third-order valence-electron chi connectivity index (χ3n) is 7.02. The van der Waals surface area contributed by atoms with Crippen LogP contribution in [0.4, 0.5) is 0 Å². The van der Waals surface area contributed by atoms with Crippen LogP contribution >= 0.6 is 11.3 Å². The summed E-state index contributed by atoms with van der Waals surface area (Å²) in [5, 5.41) is 0.933. The van der Waals surface area contributed by atoms with Crippen LogP contribution in [-0.2, 0) is 25.5 Å². The van der Waals surface area contributed by atoms with Crippen LogP contribution in [0.5, 0.6) is 5.88 Å². The number of aryl methyl sites for hydroxylation is 1. The molecular formula is C23H29N3O5S. The highest BCUT2D eigenvalue weighted by Gasteiger charge is 2.34. The summed E-state index contributed by atoms with van der Waals surface area (Å²) in [4.78, 5) is 37.5. The summed E-state index contributed by atoms with van der Waals surface area (Å²) >= 11 is 1.65. The van der Waals surface area contributed by atoms with Gasteiger partial charge in [0, 0.05) is 30.4 Å². The van der Waals surface area contributed by atoms with Gasteiger partial charge in [-0.2, -0.15) is 0 Å². The lowest BCUT2D eigenvalue weighted by atomic mass is 9.91. The van der Waals surface area contributed by atoms with Gasteiger partial charge >= 0.3 is 5.97 Å². The molecule has 3 heterocycles. The first-order valence-electron chi connectivity index (χ1n) is 11.5. The van der Waals surface area contributed by atoms with E-state index in [1.807, 2.05) is 0 Å². The Bertz CT molecular complexity index is 995. The summed E-state index contributed by atoms with van der Waals surface area (Å²) in [6, 6.07) is 0.614. The predicted octanol–water partition coefficient (Wildman–Crippen LogP) is 2.88. The second-order valence-electron chi connectivity index (χ2n) is 8.85. The normalized spacial score (nSPS) is 26.1. The Morgan fingerprint density at radius 1 is 1.16 bits per heavy atom. The fraction of sp³-hybridized carbons (Fsp3) is 0.652. The molecule has 1 unspecified atom stereocenters. The molecule has 5 rings (SSSR count). The van der Waals surface area contributed by atoms with Gasteiger partial charge in [0.1, 0.15) is 17.3 Å². The molecule has 2 fully saturated rings. The molecule has 0 N–H and O–H groups in total. The van der Waals surface area contributed by atoms with E-state index in [1.54, 1.807) is 17.7 Å². The molecule has 2 aromatic heterocycles. The van der Waals surface area contributed by atoms with Gasteiger partial charge in [0.15, 0.2) is 0 Å². The lowest BCUT2D eigenvalue weighted by Gasteiger charge is -2.38. The molecule has 0 spiro atoms. The maximum absolute atomic E-state index is 12.2. The van der Waals surface area contributed by atoms with Gasteiger partial charge in [-0.25, -0.2) is 14.8 Å². The molecule has 0 aromatic carbocycles. The van der Waals surface area contributed by atoms with Crippen LogP contribution in [0.1, 0.15) is 54.9 Å². The minimum absolute atomic E-state index is 0.0178. The van der Waals surface area contributed by atoms with E-state index >= 15 is 0 Å². The van der Waals surface area contributed by atoms with E-state index in [2.05, 4.69) is 19.6 Å². The second-order valence-corrected chi connectivity index (χ2v) is 9.93. The van der Waals surface area contributed by atoms with Crippen LogP contribution in [0.25, 0.3) is 10.2 Å². The summed E-state index contributed by atoms with van der Waals surface area (Å²) in [5.41, 5.74) is 1.10. The molecule has 9 heteroatoms. The van der Waals surface area contributed by atoms with Crippen molar-refractivity contribution in [1.82, 2.24) is 14.9 Å². The van der Waals surface area contributed by atoms with Gasteiger partial charge in [0.05, 0.1) is 25.7 Å². The highest BCUT2D eigenvalue weighted by molar-refractivity contribution is 7.19. The van der Waals surface area contributed by atoms with Crippen LogP contribution in [0, 0.1) is 0 Å². The quantitative estimate of drug-likeness (QED) is 0.481. The van der Waals surface area contributed by atoms with Crippen molar-refractivity contribution >= 4 is 33.3 Å². The summed E-state index contributed by atoms with van der Waals surface area (Å²) in [6.45, 7) is 3.71. The van der Waals surface area contributed by atoms with E-state index in [-0.39, 0.29) is 18.4 Å². The molecule has 0 amide bonds. The zero-order chi connectivity index (χ0) is 22.1. The summed E-state index contributed by atoms with van der Waals surface area (Å²) in [5.74, 6) is -0.649. The Hall–Kier alpha value is -2.10. The van der Waals surface area contributed by atoms with E-state index in [9.17, 15) is 9.59 Å². The average Bonchev–Trinajstić information content (AvgIpc) is 3.39. The summed E-state index contributed by atoms with van der Waals surface area (Å²) in [7, 11) is 1.24. The Balaban J connectivity index is 1.31. The van der Waals surface area contributed by atoms with Crippen molar-refractivity contribution in [1.29, 1.82) is 0 Å². The van der Waals surface area contributed by atoms with Crippen molar-refractivity contribution in [2.45, 2.75) is 63.0 Å². The van der Waals surface area contributed by atoms with Crippen molar-refractivity contribution in [3.8, 4) is 5.88 Å². The third-order valence-corrected chi connectivity index (χ3v) is 8.20. The van der Waals surface area contributed by atoms with Gasteiger partial charge in [0.2, 0.25) is 11.7 Å². The zero-order valence-electron chi connectivity index (χ0n) is 18.4. The van der Waals surface area contributed by atoms with E-state index in [4.69, 9.17) is 9.47 Å². The fourth-order valence-corrected chi connectivity index (χ4v) is 6.61. The van der Waals surface area contributed by atoms with Crippen LogP contribution in [-0.4, -0.2) is 72.2 Å². The molecule has 1 atom stereocenters. The molecule has 32 heavy (non-hydrogen) atoms. The number of carbonyl (C=O) groups is 2. The van der Waals surface area contributed by atoms with E-state index < -0.39 is 11.8 Å². The molecule has 1 saturated heterocycles. The van der Waals surface area contributed by atoms with Crippen LogP contribution < -0.4 is 4.74 Å². The summed E-state index contributed by atoms with van der Waals surface area (Å²) in [6.07, 6.45) is 7.85. The monoisotopic (exact) mass is 459 g/mol. The number of fused-ring (bicyclic) bond motifs is 3. The number of thiophene rings is 1. The topological polar surface area (TPSA) is 90.9 Å². The number of hydrogen-bond donors (Lipinski definition) is 0. The van der Waals surface area contributed by atoms with Gasteiger partial charge in [-0.05, 0) is 50.0 Å². The van der Waals surface area contributed by atoms with Crippen molar-refractivity contribution in [3.05, 3.63) is 16.8 Å². The van der Waals surface area contributed by atoms with E-state index in [0.29, 0.717) is 11.9 Å². The summed E-state index contributed by atoms with van der Waals surface area (Å²) < 4.78 is 16.5. The zero-order valence-corrected chi connectivity index (χ0v) is 19.2. The van der Waals surface area contributed by atoms with Gasteiger partial charge in [0.25, 0.3) is 0 Å². The Kier molecular flexibility index (Phi) is 6.39. The first kappa shape index (κ1) is 21.7. The molecule has 8 nitrogen and oxygen atoms in total. The van der Waals surface area contributed by atoms with Crippen molar-refractivity contribution in [2.24, 2.45) is 0 Å². The average molecular weight is 460 g/mol. The van der Waals surface area contributed by atoms with Gasteiger partial charge < -0.3 is 14.2 Å². The van der Waals surface area contributed by atoms with Gasteiger partial charge in [-0.1, -0.05) is 0 Å². The Morgan fingerprint density at radius 3 is 2.69 bits per heavy atom. The molecule has 2 aromatic rings. The lowest BCUT2D eigenvalue weighted by molar-refractivity contribution is -0.151. The Morgan fingerprint density at radius 2 is 1.94 bits per heavy atom. The van der Waals surface area contributed by atoms with Crippen LogP contribution in [0.2, 0.25) is 0 Å². The highest BCUT2D eigenvalue weighted by atomic mass is 32.1. The minimum atomic E-state index is -0.775. The van der Waals surface area contributed by atoms with Gasteiger partial charge in [-0.15, -0.1) is 11.3 Å².